The first-order valence-electron chi connectivity index (χ1n) is 2.63. The average Bonchev–Trinajstić information content (AvgIpc) is 1.80. The van der Waals surface area contributed by atoms with Gasteiger partial charge in [-0.2, -0.15) is 0 Å². The summed E-state index contributed by atoms with van der Waals surface area (Å²) in [6.45, 7) is 0.479. The number of ether oxygens (including phenoxy) is 1. The van der Waals surface area contributed by atoms with Crippen molar-refractivity contribution >= 4 is 5.97 Å². The minimum Gasteiger partial charge on any atom is -0.481 e. The zero-order valence-corrected chi connectivity index (χ0v) is 5.33. The molecule has 0 aromatic carbocycles. The molecule has 0 fully saturated rings. The standard InChI is InChI=1S/C6H10O3/c1-9-5-3-2-4-6(7)8/h2-3H,4-5H2,1H3,(H,7,8)/b3-2+. The lowest BCUT2D eigenvalue weighted by Gasteiger charge is -1.85. The average molecular weight is 130 g/mol. The lowest BCUT2D eigenvalue weighted by Crippen LogP contribution is -1.90. The van der Waals surface area contributed by atoms with E-state index in [2.05, 4.69) is 4.74 Å². The second-order valence-corrected chi connectivity index (χ2v) is 1.52. The van der Waals surface area contributed by atoms with E-state index >= 15 is 0 Å². The van der Waals surface area contributed by atoms with Gasteiger partial charge in [0.25, 0.3) is 0 Å². The van der Waals surface area contributed by atoms with Gasteiger partial charge in [-0.1, -0.05) is 12.2 Å². The summed E-state index contributed by atoms with van der Waals surface area (Å²) in [7, 11) is 1.56. The van der Waals surface area contributed by atoms with Crippen LogP contribution in [0.5, 0.6) is 0 Å². The molecule has 3 nitrogen and oxygen atoms in total. The Morgan fingerprint density at radius 2 is 2.33 bits per heavy atom. The molecule has 0 saturated carbocycles. The molecule has 0 aliphatic heterocycles. The molecule has 0 aromatic rings. The highest BCUT2D eigenvalue weighted by Gasteiger charge is 1.87. The van der Waals surface area contributed by atoms with Crippen LogP contribution in [-0.4, -0.2) is 24.8 Å². The number of hydrogen-bond donors (Lipinski definition) is 1. The third-order valence-electron chi connectivity index (χ3n) is 0.722. The molecule has 0 unspecified atom stereocenters. The highest BCUT2D eigenvalue weighted by Crippen LogP contribution is 1.81. The maximum Gasteiger partial charge on any atom is 0.307 e. The van der Waals surface area contributed by atoms with E-state index in [9.17, 15) is 4.79 Å². The van der Waals surface area contributed by atoms with E-state index in [1.54, 1.807) is 19.3 Å². The van der Waals surface area contributed by atoms with Gasteiger partial charge in [-0.05, 0) is 0 Å². The van der Waals surface area contributed by atoms with Gasteiger partial charge in [-0.15, -0.1) is 0 Å². The lowest BCUT2D eigenvalue weighted by atomic mass is 10.4. The van der Waals surface area contributed by atoms with Crippen molar-refractivity contribution in [1.82, 2.24) is 0 Å². The minimum absolute atomic E-state index is 0.0728. The Hall–Kier alpha value is -0.830. The summed E-state index contributed by atoms with van der Waals surface area (Å²) in [5.41, 5.74) is 0. The van der Waals surface area contributed by atoms with Crippen LogP contribution < -0.4 is 0 Å². The Bertz CT molecular complexity index is 107. The third-order valence-corrected chi connectivity index (χ3v) is 0.722. The van der Waals surface area contributed by atoms with Crippen molar-refractivity contribution < 1.29 is 14.6 Å². The molecule has 52 valence electrons. The summed E-state index contributed by atoms with van der Waals surface area (Å²) >= 11 is 0. The van der Waals surface area contributed by atoms with E-state index in [-0.39, 0.29) is 6.42 Å². The summed E-state index contributed by atoms with van der Waals surface area (Å²) in [6.07, 6.45) is 3.31. The summed E-state index contributed by atoms with van der Waals surface area (Å²) in [4.78, 5) is 9.87. The number of carbonyl (C=O) groups is 1. The number of methoxy groups -OCH3 is 1. The molecule has 9 heavy (non-hydrogen) atoms. The number of carboxylic acid groups (broad SMARTS) is 1. The number of carboxylic acids is 1. The molecule has 0 aromatic heterocycles. The summed E-state index contributed by atoms with van der Waals surface area (Å²) in [6, 6.07) is 0. The quantitative estimate of drug-likeness (QED) is 0.569. The maximum absolute atomic E-state index is 9.87. The normalized spacial score (nSPS) is 10.3. The monoisotopic (exact) mass is 130 g/mol. The van der Waals surface area contributed by atoms with Gasteiger partial charge in [0.05, 0.1) is 13.0 Å². The molecule has 0 spiro atoms. The van der Waals surface area contributed by atoms with Crippen molar-refractivity contribution in [2.75, 3.05) is 13.7 Å². The predicted octanol–water partition coefficient (Wildman–Crippen LogP) is 0.664. The zero-order valence-electron chi connectivity index (χ0n) is 5.33. The largest absolute Gasteiger partial charge is 0.481 e. The Labute approximate surface area is 53.9 Å². The molecule has 0 rings (SSSR count). The first-order valence-corrected chi connectivity index (χ1v) is 2.63. The third kappa shape index (κ3) is 7.17. The zero-order chi connectivity index (χ0) is 7.11. The number of aliphatic carboxylic acids is 1. The number of rotatable bonds is 4. The van der Waals surface area contributed by atoms with E-state index in [1.807, 2.05) is 0 Å². The Morgan fingerprint density at radius 3 is 2.78 bits per heavy atom. The van der Waals surface area contributed by atoms with Crippen molar-refractivity contribution in [3.8, 4) is 0 Å². The van der Waals surface area contributed by atoms with E-state index in [1.165, 1.54) is 0 Å². The second-order valence-electron chi connectivity index (χ2n) is 1.52. The Kier molecular flexibility index (Phi) is 4.82. The van der Waals surface area contributed by atoms with Crippen LogP contribution in [0.4, 0.5) is 0 Å². The first kappa shape index (κ1) is 8.17. The van der Waals surface area contributed by atoms with Crippen LogP contribution in [0.15, 0.2) is 12.2 Å². The molecular formula is C6H10O3. The van der Waals surface area contributed by atoms with Crippen LogP contribution in [0.25, 0.3) is 0 Å². The Balaban J connectivity index is 3.14. The number of hydrogen-bond acceptors (Lipinski definition) is 2. The van der Waals surface area contributed by atoms with Gasteiger partial charge >= 0.3 is 5.97 Å². The van der Waals surface area contributed by atoms with E-state index in [0.717, 1.165) is 0 Å². The van der Waals surface area contributed by atoms with Crippen molar-refractivity contribution in [3.63, 3.8) is 0 Å². The van der Waals surface area contributed by atoms with E-state index in [0.29, 0.717) is 6.61 Å². The summed E-state index contributed by atoms with van der Waals surface area (Å²) in [5, 5.41) is 8.12. The van der Waals surface area contributed by atoms with Crippen molar-refractivity contribution in [3.05, 3.63) is 12.2 Å². The summed E-state index contributed by atoms with van der Waals surface area (Å²) in [5.74, 6) is -0.817. The topological polar surface area (TPSA) is 46.5 Å². The van der Waals surface area contributed by atoms with Crippen LogP contribution in [-0.2, 0) is 9.53 Å². The molecule has 1 N–H and O–H groups in total. The fourth-order valence-electron chi connectivity index (χ4n) is 0.348. The van der Waals surface area contributed by atoms with Crippen LogP contribution in [0, 0.1) is 0 Å². The van der Waals surface area contributed by atoms with Crippen LogP contribution in [0.1, 0.15) is 6.42 Å². The van der Waals surface area contributed by atoms with E-state index < -0.39 is 5.97 Å². The smallest absolute Gasteiger partial charge is 0.307 e. The molecule has 0 bridgehead atoms. The molecule has 0 saturated heterocycles. The van der Waals surface area contributed by atoms with Gasteiger partial charge in [0, 0.05) is 7.11 Å². The predicted molar refractivity (Wildman–Crippen MR) is 33.3 cm³/mol. The summed E-state index contributed by atoms with van der Waals surface area (Å²) < 4.78 is 4.64. The SMILES string of the molecule is COC/C=C/CC(=O)O. The molecule has 0 radical (unpaired) electrons. The van der Waals surface area contributed by atoms with Crippen molar-refractivity contribution in [2.24, 2.45) is 0 Å². The second kappa shape index (κ2) is 5.31. The lowest BCUT2D eigenvalue weighted by molar-refractivity contribution is -0.136. The molecule has 0 heterocycles. The fourth-order valence-corrected chi connectivity index (χ4v) is 0.348. The van der Waals surface area contributed by atoms with Gasteiger partial charge in [-0.25, -0.2) is 0 Å². The maximum atomic E-state index is 9.87. The van der Waals surface area contributed by atoms with Crippen LogP contribution >= 0.6 is 0 Å². The van der Waals surface area contributed by atoms with Gasteiger partial charge in [0.2, 0.25) is 0 Å². The Morgan fingerprint density at radius 1 is 1.67 bits per heavy atom. The minimum atomic E-state index is -0.817. The first-order chi connectivity index (χ1) is 4.27. The molecule has 0 atom stereocenters. The van der Waals surface area contributed by atoms with Gasteiger partial charge in [-0.3, -0.25) is 4.79 Å². The fraction of sp³-hybridized carbons (Fsp3) is 0.500. The van der Waals surface area contributed by atoms with Gasteiger partial charge in [0.1, 0.15) is 0 Å². The van der Waals surface area contributed by atoms with Crippen LogP contribution in [0.3, 0.4) is 0 Å². The highest BCUT2D eigenvalue weighted by molar-refractivity contribution is 5.68. The van der Waals surface area contributed by atoms with Crippen molar-refractivity contribution in [2.45, 2.75) is 6.42 Å². The highest BCUT2D eigenvalue weighted by atomic mass is 16.5. The molecule has 0 aliphatic rings. The van der Waals surface area contributed by atoms with Crippen LogP contribution in [0.2, 0.25) is 0 Å². The van der Waals surface area contributed by atoms with Gasteiger partial charge < -0.3 is 9.84 Å². The molecule has 0 aliphatic carbocycles. The molecule has 3 heteroatoms. The van der Waals surface area contributed by atoms with Crippen molar-refractivity contribution in [1.29, 1.82) is 0 Å². The van der Waals surface area contributed by atoms with E-state index in [4.69, 9.17) is 5.11 Å². The van der Waals surface area contributed by atoms with Gasteiger partial charge in [0.15, 0.2) is 0 Å². The molecule has 0 amide bonds. The molecular weight excluding hydrogens is 120 g/mol.